The van der Waals surface area contributed by atoms with Crippen molar-refractivity contribution in [3.8, 4) is 23.0 Å². The fourth-order valence-corrected chi connectivity index (χ4v) is 3.61. The number of carboxylic acids is 1. The lowest BCUT2D eigenvalue weighted by Gasteiger charge is -2.09. The summed E-state index contributed by atoms with van der Waals surface area (Å²) in [5.41, 5.74) is 2.05. The fraction of sp³-hybridized carbons (Fsp3) is 0.179. The van der Waals surface area contributed by atoms with E-state index >= 15 is 0 Å². The summed E-state index contributed by atoms with van der Waals surface area (Å²) >= 11 is 0. The molecule has 0 fully saturated rings. The van der Waals surface area contributed by atoms with Crippen LogP contribution in [0.3, 0.4) is 0 Å². The van der Waals surface area contributed by atoms with Gasteiger partial charge in [0.15, 0.2) is 11.5 Å². The third-order valence-electron chi connectivity index (χ3n) is 5.39. The van der Waals surface area contributed by atoms with Crippen molar-refractivity contribution in [3.05, 3.63) is 83.4 Å². The van der Waals surface area contributed by atoms with Gasteiger partial charge in [0, 0.05) is 12.0 Å². The number of carboxylic acid groups (broad SMARTS) is 1. The molecule has 0 atom stereocenters. The van der Waals surface area contributed by atoms with Crippen LogP contribution in [0.15, 0.2) is 66.7 Å². The molecule has 0 aliphatic carbocycles. The van der Waals surface area contributed by atoms with E-state index in [9.17, 15) is 19.5 Å². The largest absolute Gasteiger partial charge is 0.475 e. The highest BCUT2D eigenvalue weighted by Gasteiger charge is 2.21. The van der Waals surface area contributed by atoms with Crippen LogP contribution in [0, 0.1) is 0 Å². The quantitative estimate of drug-likeness (QED) is 0.186. The highest BCUT2D eigenvalue weighted by Crippen LogP contribution is 2.34. The van der Waals surface area contributed by atoms with Crippen molar-refractivity contribution < 1.29 is 38.4 Å². The minimum atomic E-state index is -1.55. The number of hydrogen-bond donors (Lipinski definition) is 1. The van der Waals surface area contributed by atoms with E-state index in [2.05, 4.69) is 0 Å². The van der Waals surface area contributed by atoms with E-state index in [0.29, 0.717) is 53.6 Å². The molecule has 1 heterocycles. The predicted molar refractivity (Wildman–Crippen MR) is 131 cm³/mol. The van der Waals surface area contributed by atoms with Crippen molar-refractivity contribution in [1.29, 1.82) is 0 Å². The van der Waals surface area contributed by atoms with E-state index in [-0.39, 0.29) is 18.3 Å². The van der Waals surface area contributed by atoms with Crippen LogP contribution in [0.4, 0.5) is 0 Å². The Morgan fingerprint density at radius 2 is 1.58 bits per heavy atom. The second kappa shape index (κ2) is 11.2. The summed E-state index contributed by atoms with van der Waals surface area (Å²) in [5, 5.41) is 9.33. The number of ketones is 1. The smallest absolute Gasteiger partial charge is 0.377 e. The number of rotatable bonds is 10. The molecule has 8 heteroatoms. The summed E-state index contributed by atoms with van der Waals surface area (Å²) in [7, 11) is 0. The standard InChI is InChI=1S/C28H24O8/c1-2-33-26(29)14-6-18-3-9-21(10-4-18)36-22-11-7-20(8-12-22)23(27(30)28(31)32)15-19-5-13-24-25(16-19)35-17-34-24/h3-5,7-13,15-16H,2,6,14,17H2,1H3,(H,31,32)/b23-15+. The van der Waals surface area contributed by atoms with Gasteiger partial charge in [0.2, 0.25) is 6.79 Å². The normalized spacial score (nSPS) is 12.2. The first-order valence-electron chi connectivity index (χ1n) is 11.3. The van der Waals surface area contributed by atoms with Gasteiger partial charge in [0.05, 0.1) is 6.61 Å². The summed E-state index contributed by atoms with van der Waals surface area (Å²) in [6.45, 7) is 2.25. The molecule has 0 amide bonds. The number of esters is 1. The van der Waals surface area contributed by atoms with Gasteiger partial charge in [-0.15, -0.1) is 0 Å². The first-order chi connectivity index (χ1) is 17.4. The van der Waals surface area contributed by atoms with Crippen LogP contribution in [0.5, 0.6) is 23.0 Å². The number of carbonyl (C=O) groups is 3. The fourth-order valence-electron chi connectivity index (χ4n) is 3.61. The minimum absolute atomic E-state index is 0.0267. The maximum atomic E-state index is 12.4. The van der Waals surface area contributed by atoms with Crippen LogP contribution < -0.4 is 14.2 Å². The number of aryl methyl sites for hydroxylation is 1. The highest BCUT2D eigenvalue weighted by atomic mass is 16.7. The maximum absolute atomic E-state index is 12.4. The van der Waals surface area contributed by atoms with Crippen molar-refractivity contribution in [3.63, 3.8) is 0 Å². The summed E-state index contributed by atoms with van der Waals surface area (Å²) in [6.07, 6.45) is 2.39. The average Bonchev–Trinajstić information content (AvgIpc) is 3.35. The molecule has 1 N–H and O–H groups in total. The lowest BCUT2D eigenvalue weighted by Crippen LogP contribution is -2.14. The molecule has 0 aromatic heterocycles. The summed E-state index contributed by atoms with van der Waals surface area (Å²) < 4.78 is 21.5. The monoisotopic (exact) mass is 488 g/mol. The zero-order valence-corrected chi connectivity index (χ0v) is 19.6. The Balaban J connectivity index is 1.47. The lowest BCUT2D eigenvalue weighted by atomic mass is 9.98. The lowest BCUT2D eigenvalue weighted by molar-refractivity contribution is -0.146. The van der Waals surface area contributed by atoms with Gasteiger partial charge in [0.1, 0.15) is 11.5 Å². The molecular weight excluding hydrogens is 464 g/mol. The van der Waals surface area contributed by atoms with Crippen LogP contribution in [0.1, 0.15) is 30.0 Å². The zero-order chi connectivity index (χ0) is 25.5. The number of fused-ring (bicyclic) bond motifs is 1. The van der Waals surface area contributed by atoms with Gasteiger partial charge in [-0.05, 0) is 72.5 Å². The SMILES string of the molecule is CCOC(=O)CCc1ccc(Oc2ccc(/C(=C\c3ccc4c(c3)OCO4)C(=O)C(=O)O)cc2)cc1. The van der Waals surface area contributed by atoms with Crippen LogP contribution in [0.25, 0.3) is 11.6 Å². The Bertz CT molecular complexity index is 1290. The summed E-state index contributed by atoms with van der Waals surface area (Å²) in [4.78, 5) is 35.4. The summed E-state index contributed by atoms with van der Waals surface area (Å²) in [6, 6.07) is 19.0. The molecule has 0 bridgehead atoms. The molecular formula is C28H24O8. The van der Waals surface area contributed by atoms with Gasteiger partial charge in [-0.3, -0.25) is 9.59 Å². The topological polar surface area (TPSA) is 108 Å². The number of hydrogen-bond acceptors (Lipinski definition) is 7. The predicted octanol–water partition coefficient (Wildman–Crippen LogP) is 4.90. The second-order valence-electron chi connectivity index (χ2n) is 7.88. The molecule has 1 aliphatic heterocycles. The Morgan fingerprint density at radius 3 is 2.25 bits per heavy atom. The number of carbonyl (C=O) groups excluding carboxylic acids is 2. The first-order valence-corrected chi connectivity index (χ1v) is 11.3. The molecule has 36 heavy (non-hydrogen) atoms. The van der Waals surface area contributed by atoms with Crippen molar-refractivity contribution in [2.45, 2.75) is 19.8 Å². The molecule has 0 saturated heterocycles. The van der Waals surface area contributed by atoms with Gasteiger partial charge < -0.3 is 24.1 Å². The van der Waals surface area contributed by atoms with E-state index in [4.69, 9.17) is 18.9 Å². The Hall–Kier alpha value is -4.59. The van der Waals surface area contributed by atoms with Gasteiger partial charge >= 0.3 is 11.9 Å². The molecule has 3 aromatic carbocycles. The van der Waals surface area contributed by atoms with Crippen LogP contribution >= 0.6 is 0 Å². The van der Waals surface area contributed by atoms with Crippen LogP contribution in [0.2, 0.25) is 0 Å². The molecule has 0 unspecified atom stereocenters. The van der Waals surface area contributed by atoms with E-state index in [0.717, 1.165) is 5.56 Å². The number of ether oxygens (including phenoxy) is 4. The molecule has 4 rings (SSSR count). The Morgan fingerprint density at radius 1 is 0.917 bits per heavy atom. The van der Waals surface area contributed by atoms with Crippen molar-refractivity contribution in [2.24, 2.45) is 0 Å². The van der Waals surface area contributed by atoms with Gasteiger partial charge in [-0.25, -0.2) is 4.79 Å². The molecule has 8 nitrogen and oxygen atoms in total. The number of aliphatic carboxylic acids is 1. The third kappa shape index (κ3) is 6.09. The van der Waals surface area contributed by atoms with E-state index in [1.807, 2.05) is 12.1 Å². The Kier molecular flexibility index (Phi) is 7.65. The second-order valence-corrected chi connectivity index (χ2v) is 7.88. The molecule has 0 spiro atoms. The molecule has 1 aliphatic rings. The average molecular weight is 488 g/mol. The summed E-state index contributed by atoms with van der Waals surface area (Å²) in [5.74, 6) is -0.576. The highest BCUT2D eigenvalue weighted by molar-refractivity contribution is 6.52. The minimum Gasteiger partial charge on any atom is -0.475 e. The first kappa shape index (κ1) is 24.5. The van der Waals surface area contributed by atoms with Crippen molar-refractivity contribution >= 4 is 29.4 Å². The van der Waals surface area contributed by atoms with Gasteiger partial charge in [0.25, 0.3) is 5.78 Å². The van der Waals surface area contributed by atoms with Crippen LogP contribution in [-0.4, -0.2) is 36.2 Å². The molecule has 0 saturated carbocycles. The van der Waals surface area contributed by atoms with Crippen LogP contribution in [-0.2, 0) is 25.5 Å². The number of benzene rings is 3. The number of Topliss-reactive ketones (excluding diaryl/α,β-unsaturated/α-hetero) is 1. The van der Waals surface area contributed by atoms with E-state index in [1.54, 1.807) is 61.5 Å². The van der Waals surface area contributed by atoms with Crippen molar-refractivity contribution in [1.82, 2.24) is 0 Å². The van der Waals surface area contributed by atoms with Gasteiger partial charge in [-0.1, -0.05) is 30.3 Å². The van der Waals surface area contributed by atoms with Crippen molar-refractivity contribution in [2.75, 3.05) is 13.4 Å². The Labute approximate surface area is 207 Å². The van der Waals surface area contributed by atoms with Gasteiger partial charge in [-0.2, -0.15) is 0 Å². The van der Waals surface area contributed by atoms with E-state index in [1.165, 1.54) is 6.08 Å². The molecule has 0 radical (unpaired) electrons. The van der Waals surface area contributed by atoms with E-state index < -0.39 is 11.8 Å². The zero-order valence-electron chi connectivity index (χ0n) is 19.6. The molecule has 184 valence electrons. The third-order valence-corrected chi connectivity index (χ3v) is 5.39. The maximum Gasteiger partial charge on any atom is 0.377 e. The molecule has 3 aromatic rings.